The molecule has 0 unspecified atom stereocenters. The Hall–Kier alpha value is -1.42. The van der Waals surface area contributed by atoms with Gasteiger partial charge in [-0.15, -0.1) is 0 Å². The SMILES string of the molecule is CCCNC(=O)CN[C@H](C)c1ccccc1F. The van der Waals surface area contributed by atoms with Gasteiger partial charge in [0.25, 0.3) is 0 Å². The third-order valence-electron chi connectivity index (χ3n) is 2.51. The lowest BCUT2D eigenvalue weighted by Gasteiger charge is -2.14. The molecular weight excluding hydrogens is 219 g/mol. The molecule has 1 amide bonds. The number of nitrogens with one attached hydrogen (secondary N) is 2. The summed E-state index contributed by atoms with van der Waals surface area (Å²) in [6.45, 7) is 4.71. The Bertz CT molecular complexity index is 368. The van der Waals surface area contributed by atoms with Gasteiger partial charge in [0.2, 0.25) is 5.91 Å². The van der Waals surface area contributed by atoms with Crippen molar-refractivity contribution in [1.82, 2.24) is 10.6 Å². The van der Waals surface area contributed by atoms with Crippen LogP contribution in [0.25, 0.3) is 0 Å². The molecule has 0 aliphatic carbocycles. The molecule has 1 rings (SSSR count). The fraction of sp³-hybridized carbons (Fsp3) is 0.462. The smallest absolute Gasteiger partial charge is 0.233 e. The Morgan fingerprint density at radius 3 is 2.76 bits per heavy atom. The van der Waals surface area contributed by atoms with Crippen LogP contribution in [0.15, 0.2) is 24.3 Å². The summed E-state index contributed by atoms with van der Waals surface area (Å²) in [5.41, 5.74) is 0.579. The van der Waals surface area contributed by atoms with Crippen molar-refractivity contribution in [2.45, 2.75) is 26.3 Å². The van der Waals surface area contributed by atoms with Crippen LogP contribution < -0.4 is 10.6 Å². The molecule has 17 heavy (non-hydrogen) atoms. The maximum atomic E-state index is 13.4. The highest BCUT2D eigenvalue weighted by atomic mass is 19.1. The fourth-order valence-corrected chi connectivity index (χ4v) is 1.51. The second-order valence-electron chi connectivity index (χ2n) is 3.97. The molecule has 0 fully saturated rings. The van der Waals surface area contributed by atoms with Crippen LogP contribution in [0.3, 0.4) is 0 Å². The van der Waals surface area contributed by atoms with E-state index in [1.165, 1.54) is 6.07 Å². The molecule has 0 heterocycles. The molecular formula is C13H19FN2O. The molecule has 0 aromatic heterocycles. The highest BCUT2D eigenvalue weighted by molar-refractivity contribution is 5.77. The van der Waals surface area contributed by atoms with Crippen LogP contribution in [0.1, 0.15) is 31.9 Å². The summed E-state index contributed by atoms with van der Waals surface area (Å²) in [6, 6.07) is 6.40. The number of amides is 1. The number of hydrogen-bond donors (Lipinski definition) is 2. The van der Waals surface area contributed by atoms with E-state index in [1.54, 1.807) is 18.2 Å². The first kappa shape index (κ1) is 13.6. The van der Waals surface area contributed by atoms with E-state index in [0.717, 1.165) is 6.42 Å². The molecule has 0 spiro atoms. The molecule has 0 radical (unpaired) electrons. The Morgan fingerprint density at radius 1 is 1.41 bits per heavy atom. The molecule has 0 aliphatic rings. The van der Waals surface area contributed by atoms with Crippen LogP contribution in [0.5, 0.6) is 0 Å². The summed E-state index contributed by atoms with van der Waals surface area (Å²) in [4.78, 5) is 11.4. The zero-order chi connectivity index (χ0) is 12.7. The van der Waals surface area contributed by atoms with Crippen molar-refractivity contribution in [3.05, 3.63) is 35.6 Å². The number of carbonyl (C=O) groups excluding carboxylic acids is 1. The topological polar surface area (TPSA) is 41.1 Å². The summed E-state index contributed by atoms with van der Waals surface area (Å²) >= 11 is 0. The molecule has 0 saturated heterocycles. The van der Waals surface area contributed by atoms with Gasteiger partial charge in [0.1, 0.15) is 5.82 Å². The Kier molecular flexibility index (Phi) is 5.63. The van der Waals surface area contributed by atoms with E-state index in [0.29, 0.717) is 12.1 Å². The molecule has 0 saturated carbocycles. The minimum atomic E-state index is -0.249. The maximum Gasteiger partial charge on any atom is 0.233 e. The zero-order valence-corrected chi connectivity index (χ0v) is 10.3. The largest absolute Gasteiger partial charge is 0.355 e. The van der Waals surface area contributed by atoms with Gasteiger partial charge in [-0.2, -0.15) is 0 Å². The van der Waals surface area contributed by atoms with Gasteiger partial charge in [-0.05, 0) is 19.4 Å². The van der Waals surface area contributed by atoms with Gasteiger partial charge in [0, 0.05) is 18.2 Å². The van der Waals surface area contributed by atoms with E-state index >= 15 is 0 Å². The van der Waals surface area contributed by atoms with E-state index in [1.807, 2.05) is 13.8 Å². The number of hydrogen-bond acceptors (Lipinski definition) is 2. The van der Waals surface area contributed by atoms with Gasteiger partial charge < -0.3 is 10.6 Å². The van der Waals surface area contributed by atoms with Crippen molar-refractivity contribution >= 4 is 5.91 Å². The third kappa shape index (κ3) is 4.53. The lowest BCUT2D eigenvalue weighted by atomic mass is 10.1. The summed E-state index contributed by atoms with van der Waals surface area (Å²) in [6.07, 6.45) is 0.911. The van der Waals surface area contributed by atoms with E-state index in [9.17, 15) is 9.18 Å². The van der Waals surface area contributed by atoms with E-state index < -0.39 is 0 Å². The fourth-order valence-electron chi connectivity index (χ4n) is 1.51. The number of rotatable bonds is 6. The lowest BCUT2D eigenvalue weighted by Crippen LogP contribution is -2.35. The second kappa shape index (κ2) is 7.01. The molecule has 1 atom stereocenters. The summed E-state index contributed by atoms with van der Waals surface area (Å²) in [7, 11) is 0. The molecule has 94 valence electrons. The predicted molar refractivity (Wildman–Crippen MR) is 66.1 cm³/mol. The summed E-state index contributed by atoms with van der Waals surface area (Å²) < 4.78 is 13.4. The first-order valence-corrected chi connectivity index (χ1v) is 5.89. The lowest BCUT2D eigenvalue weighted by molar-refractivity contribution is -0.120. The van der Waals surface area contributed by atoms with Crippen LogP contribution in [0, 0.1) is 5.82 Å². The number of carbonyl (C=O) groups is 1. The first-order valence-electron chi connectivity index (χ1n) is 5.89. The van der Waals surface area contributed by atoms with E-state index in [4.69, 9.17) is 0 Å². The van der Waals surface area contributed by atoms with Gasteiger partial charge in [-0.3, -0.25) is 4.79 Å². The number of benzene rings is 1. The van der Waals surface area contributed by atoms with E-state index in [-0.39, 0.29) is 24.3 Å². The highest BCUT2D eigenvalue weighted by Gasteiger charge is 2.10. The molecule has 0 aliphatic heterocycles. The summed E-state index contributed by atoms with van der Waals surface area (Å²) in [5, 5.41) is 5.75. The minimum Gasteiger partial charge on any atom is -0.355 e. The Balaban J connectivity index is 2.42. The van der Waals surface area contributed by atoms with Crippen LogP contribution in [0.4, 0.5) is 4.39 Å². The Morgan fingerprint density at radius 2 is 2.12 bits per heavy atom. The van der Waals surface area contributed by atoms with Crippen LogP contribution >= 0.6 is 0 Å². The highest BCUT2D eigenvalue weighted by Crippen LogP contribution is 2.15. The van der Waals surface area contributed by atoms with Crippen molar-refractivity contribution in [3.8, 4) is 0 Å². The molecule has 3 nitrogen and oxygen atoms in total. The van der Waals surface area contributed by atoms with Crippen molar-refractivity contribution < 1.29 is 9.18 Å². The Labute approximate surface area is 101 Å². The van der Waals surface area contributed by atoms with Gasteiger partial charge in [-0.1, -0.05) is 25.1 Å². The average molecular weight is 238 g/mol. The van der Waals surface area contributed by atoms with Crippen molar-refractivity contribution in [3.63, 3.8) is 0 Å². The monoisotopic (exact) mass is 238 g/mol. The quantitative estimate of drug-likeness (QED) is 0.796. The predicted octanol–water partition coefficient (Wildman–Crippen LogP) is 2.00. The van der Waals surface area contributed by atoms with Crippen LogP contribution in [-0.2, 0) is 4.79 Å². The number of halogens is 1. The van der Waals surface area contributed by atoms with Gasteiger partial charge >= 0.3 is 0 Å². The van der Waals surface area contributed by atoms with Crippen LogP contribution in [0.2, 0.25) is 0 Å². The molecule has 2 N–H and O–H groups in total. The van der Waals surface area contributed by atoms with E-state index in [2.05, 4.69) is 10.6 Å². The average Bonchev–Trinajstić information content (AvgIpc) is 2.34. The van der Waals surface area contributed by atoms with Crippen molar-refractivity contribution in [2.24, 2.45) is 0 Å². The normalized spacial score (nSPS) is 12.2. The van der Waals surface area contributed by atoms with Crippen molar-refractivity contribution in [2.75, 3.05) is 13.1 Å². The maximum absolute atomic E-state index is 13.4. The molecule has 1 aromatic rings. The van der Waals surface area contributed by atoms with Gasteiger partial charge in [0.15, 0.2) is 0 Å². The zero-order valence-electron chi connectivity index (χ0n) is 10.3. The molecule has 4 heteroatoms. The van der Waals surface area contributed by atoms with Crippen molar-refractivity contribution in [1.29, 1.82) is 0 Å². The second-order valence-corrected chi connectivity index (χ2v) is 3.97. The van der Waals surface area contributed by atoms with Gasteiger partial charge in [0.05, 0.1) is 6.54 Å². The third-order valence-corrected chi connectivity index (χ3v) is 2.51. The van der Waals surface area contributed by atoms with Crippen LogP contribution in [-0.4, -0.2) is 19.0 Å². The van der Waals surface area contributed by atoms with Gasteiger partial charge in [-0.25, -0.2) is 4.39 Å². The first-order chi connectivity index (χ1) is 8.15. The minimum absolute atomic E-state index is 0.0601. The molecule has 0 bridgehead atoms. The summed E-state index contributed by atoms with van der Waals surface area (Å²) in [5.74, 6) is -0.309. The standard InChI is InChI=1S/C13H19FN2O/c1-3-8-15-13(17)9-16-10(2)11-6-4-5-7-12(11)14/h4-7,10,16H,3,8-9H2,1-2H3,(H,15,17)/t10-/m1/s1. The molecule has 1 aromatic carbocycles.